The van der Waals surface area contributed by atoms with Crippen LogP contribution in [0.2, 0.25) is 0 Å². The lowest BCUT2D eigenvalue weighted by Gasteiger charge is -2.43. The van der Waals surface area contributed by atoms with Crippen LogP contribution in [-0.4, -0.2) is 45.5 Å². The maximum absolute atomic E-state index is 13.0. The van der Waals surface area contributed by atoms with Gasteiger partial charge in [-0.2, -0.15) is 26.3 Å². The molecule has 36 heavy (non-hydrogen) atoms. The number of halogens is 6. The van der Waals surface area contributed by atoms with Crippen LogP contribution in [0.4, 0.5) is 26.3 Å². The van der Waals surface area contributed by atoms with E-state index in [0.29, 0.717) is 32.1 Å². The Morgan fingerprint density at radius 3 is 2.14 bits per heavy atom. The highest BCUT2D eigenvalue weighted by Gasteiger charge is 2.69. The van der Waals surface area contributed by atoms with E-state index in [1.165, 1.54) is 5.57 Å². The van der Waals surface area contributed by atoms with Crippen molar-refractivity contribution in [2.75, 3.05) is 0 Å². The highest BCUT2D eigenvalue weighted by atomic mass is 19.4. The molecular weight excluding hydrogens is 486 g/mol. The minimum absolute atomic E-state index is 0.0223. The summed E-state index contributed by atoms with van der Waals surface area (Å²) < 4.78 is 78.2. The van der Waals surface area contributed by atoms with Crippen molar-refractivity contribution in [3.05, 3.63) is 47.1 Å². The summed E-state index contributed by atoms with van der Waals surface area (Å²) in [6.45, 7) is 2.15. The fourth-order valence-corrected chi connectivity index (χ4v) is 6.71. The van der Waals surface area contributed by atoms with Gasteiger partial charge in [0.05, 0.1) is 12.2 Å². The Kier molecular flexibility index (Phi) is 7.10. The van der Waals surface area contributed by atoms with Crippen molar-refractivity contribution in [2.24, 2.45) is 16.7 Å². The van der Waals surface area contributed by atoms with Crippen LogP contribution in [0.15, 0.2) is 47.1 Å². The van der Waals surface area contributed by atoms with E-state index in [2.05, 4.69) is 19.1 Å². The van der Waals surface area contributed by atoms with Crippen LogP contribution in [0.25, 0.3) is 0 Å². The molecule has 4 aliphatic carbocycles. The summed E-state index contributed by atoms with van der Waals surface area (Å²) in [7, 11) is 0. The summed E-state index contributed by atoms with van der Waals surface area (Å²) in [5, 5.41) is 29.3. The fraction of sp³-hybridized carbons (Fsp3) is 0.704. The first kappa shape index (κ1) is 27.5. The number of allylic oxidation sites excluding steroid dienone is 6. The first-order valence-electron chi connectivity index (χ1n) is 12.6. The fourth-order valence-electron chi connectivity index (χ4n) is 6.71. The SMILES string of the molecule is C[C@]12CCC/C(=C\C=C3\CC(O)C[C@H](O)C3)C1CC=C2C1(C/C=C\C(O)(C(F)(F)F)C(F)(F)F)CC1. The van der Waals surface area contributed by atoms with Crippen LogP contribution in [-0.2, 0) is 0 Å². The van der Waals surface area contributed by atoms with Crippen molar-refractivity contribution in [3.63, 3.8) is 0 Å². The normalized spacial score (nSPS) is 35.4. The lowest BCUT2D eigenvalue weighted by atomic mass is 9.61. The van der Waals surface area contributed by atoms with E-state index in [4.69, 9.17) is 0 Å². The molecule has 0 bridgehead atoms. The molecule has 4 rings (SSSR count). The number of alkyl halides is 6. The quantitative estimate of drug-likeness (QED) is 0.288. The maximum atomic E-state index is 13.0. The molecule has 3 nitrogen and oxygen atoms in total. The Labute approximate surface area is 207 Å². The minimum Gasteiger partial charge on any atom is -0.393 e. The van der Waals surface area contributed by atoms with Crippen molar-refractivity contribution in [1.29, 1.82) is 0 Å². The van der Waals surface area contributed by atoms with Crippen molar-refractivity contribution in [2.45, 2.75) is 101 Å². The highest BCUT2D eigenvalue weighted by molar-refractivity contribution is 5.40. The molecule has 0 radical (unpaired) electrons. The van der Waals surface area contributed by atoms with Crippen molar-refractivity contribution < 1.29 is 41.7 Å². The van der Waals surface area contributed by atoms with E-state index in [0.717, 1.165) is 42.9 Å². The second kappa shape index (κ2) is 9.31. The van der Waals surface area contributed by atoms with Crippen LogP contribution in [0, 0.1) is 16.7 Å². The number of rotatable bonds is 5. The van der Waals surface area contributed by atoms with Gasteiger partial charge in [0.2, 0.25) is 0 Å². The van der Waals surface area contributed by atoms with Crippen molar-refractivity contribution in [1.82, 2.24) is 0 Å². The smallest absolute Gasteiger partial charge is 0.393 e. The topological polar surface area (TPSA) is 60.7 Å². The predicted octanol–water partition coefficient (Wildman–Crippen LogP) is 6.46. The molecule has 9 heteroatoms. The molecule has 0 saturated heterocycles. The molecular formula is C27H34F6O3. The van der Waals surface area contributed by atoms with E-state index in [9.17, 15) is 41.7 Å². The van der Waals surface area contributed by atoms with Gasteiger partial charge in [0.1, 0.15) is 0 Å². The van der Waals surface area contributed by atoms with Gasteiger partial charge < -0.3 is 15.3 Å². The Balaban J connectivity index is 1.51. The third kappa shape index (κ3) is 4.95. The molecule has 0 aromatic heterocycles. The van der Waals surface area contributed by atoms with E-state index in [-0.39, 0.29) is 23.8 Å². The first-order chi connectivity index (χ1) is 16.6. The molecule has 0 aliphatic heterocycles. The predicted molar refractivity (Wildman–Crippen MR) is 123 cm³/mol. The zero-order valence-corrected chi connectivity index (χ0v) is 20.3. The van der Waals surface area contributed by atoms with Gasteiger partial charge in [-0.25, -0.2) is 0 Å². The van der Waals surface area contributed by atoms with Gasteiger partial charge in [-0.3, -0.25) is 0 Å². The number of hydrogen-bond acceptors (Lipinski definition) is 3. The molecule has 4 atom stereocenters. The monoisotopic (exact) mass is 520 g/mol. The van der Waals surface area contributed by atoms with E-state index in [1.807, 2.05) is 6.08 Å². The lowest BCUT2D eigenvalue weighted by molar-refractivity contribution is -0.347. The molecule has 0 aromatic carbocycles. The van der Waals surface area contributed by atoms with E-state index >= 15 is 0 Å². The lowest BCUT2D eigenvalue weighted by Crippen LogP contribution is -2.55. The standard InChI is InChI=1S/C27H34F6O3/c1-23-9-2-4-18(6-5-17-14-19(34)16-20(35)15-17)21(23)7-8-22(23)24(12-13-24)10-3-11-25(36,26(28,29)30)27(31,32)33/h3,5-6,8,11,19-21,34-36H,2,4,7,9-10,12-16H2,1H3/b11-3-,17-5-,18-6+/t19?,20-,21?,23+/m1/s1. The zero-order valence-electron chi connectivity index (χ0n) is 20.3. The average molecular weight is 521 g/mol. The summed E-state index contributed by atoms with van der Waals surface area (Å²) in [4.78, 5) is 0. The summed E-state index contributed by atoms with van der Waals surface area (Å²) in [5.41, 5.74) is -2.17. The largest absolute Gasteiger partial charge is 0.429 e. The molecule has 3 N–H and O–H groups in total. The molecule has 202 valence electrons. The molecule has 0 spiro atoms. The van der Waals surface area contributed by atoms with Gasteiger partial charge in [0, 0.05) is 0 Å². The summed E-state index contributed by atoms with van der Waals surface area (Å²) in [6.07, 6.45) is 0.484. The zero-order chi connectivity index (χ0) is 26.6. The average Bonchev–Trinajstić information content (AvgIpc) is 3.42. The number of fused-ring (bicyclic) bond motifs is 1. The molecule has 2 unspecified atom stereocenters. The number of aliphatic hydroxyl groups is 3. The third-order valence-corrected chi connectivity index (χ3v) is 8.78. The van der Waals surface area contributed by atoms with Crippen LogP contribution in [0.3, 0.4) is 0 Å². The van der Waals surface area contributed by atoms with Crippen LogP contribution in [0.1, 0.15) is 71.1 Å². The van der Waals surface area contributed by atoms with Crippen molar-refractivity contribution in [3.8, 4) is 0 Å². The Morgan fingerprint density at radius 1 is 0.972 bits per heavy atom. The molecule has 0 aromatic rings. The second-order valence-corrected chi connectivity index (χ2v) is 11.3. The van der Waals surface area contributed by atoms with Crippen LogP contribution >= 0.6 is 0 Å². The molecule has 3 fully saturated rings. The van der Waals surface area contributed by atoms with Crippen LogP contribution < -0.4 is 0 Å². The Bertz CT molecular complexity index is 943. The maximum Gasteiger partial charge on any atom is 0.429 e. The van der Waals surface area contributed by atoms with Crippen molar-refractivity contribution >= 4 is 0 Å². The molecule has 3 saturated carbocycles. The van der Waals surface area contributed by atoms with E-state index in [1.54, 1.807) is 0 Å². The van der Waals surface area contributed by atoms with Gasteiger partial charge >= 0.3 is 12.4 Å². The molecule has 0 amide bonds. The molecule has 4 aliphatic rings. The van der Waals surface area contributed by atoms with Gasteiger partial charge in [-0.15, -0.1) is 0 Å². The first-order valence-corrected chi connectivity index (χ1v) is 12.6. The van der Waals surface area contributed by atoms with Gasteiger partial charge in [-0.05, 0) is 87.0 Å². The minimum atomic E-state index is -5.86. The Hall–Kier alpha value is -1.58. The third-order valence-electron chi connectivity index (χ3n) is 8.78. The second-order valence-electron chi connectivity index (χ2n) is 11.3. The number of aliphatic hydroxyl groups excluding tert-OH is 2. The summed E-state index contributed by atoms with van der Waals surface area (Å²) in [6, 6.07) is 0. The van der Waals surface area contributed by atoms with E-state index < -0.39 is 35.6 Å². The highest BCUT2D eigenvalue weighted by Crippen LogP contribution is 2.67. The van der Waals surface area contributed by atoms with Gasteiger partial charge in [0.25, 0.3) is 5.60 Å². The van der Waals surface area contributed by atoms with Gasteiger partial charge in [-0.1, -0.05) is 47.9 Å². The van der Waals surface area contributed by atoms with Crippen LogP contribution in [0.5, 0.6) is 0 Å². The summed E-state index contributed by atoms with van der Waals surface area (Å²) in [5.74, 6) is 0.209. The molecule has 0 heterocycles. The number of hydrogen-bond donors (Lipinski definition) is 3. The Morgan fingerprint density at radius 2 is 1.58 bits per heavy atom. The summed E-state index contributed by atoms with van der Waals surface area (Å²) >= 11 is 0. The van der Waals surface area contributed by atoms with Gasteiger partial charge in [0.15, 0.2) is 0 Å².